The number of anilines is 1. The molecule has 3 aromatic rings. The molecule has 2 atom stereocenters. The van der Waals surface area contributed by atoms with E-state index in [0.717, 1.165) is 11.1 Å². The van der Waals surface area contributed by atoms with Crippen molar-refractivity contribution in [3.8, 4) is 5.75 Å². The second-order valence-electron chi connectivity index (χ2n) is 6.95. The van der Waals surface area contributed by atoms with Crippen molar-refractivity contribution in [1.82, 2.24) is 5.32 Å². The van der Waals surface area contributed by atoms with Crippen molar-refractivity contribution in [2.24, 2.45) is 0 Å². The molecule has 0 heterocycles. The Morgan fingerprint density at radius 2 is 1.69 bits per heavy atom. The van der Waals surface area contributed by atoms with Crippen LogP contribution < -0.4 is 15.4 Å². The number of halogens is 1. The summed E-state index contributed by atoms with van der Waals surface area (Å²) in [5, 5.41) is 6.22. The minimum absolute atomic E-state index is 0.247. The van der Waals surface area contributed by atoms with E-state index >= 15 is 0 Å². The lowest BCUT2D eigenvalue weighted by Crippen LogP contribution is -2.35. The highest BCUT2D eigenvalue weighted by Crippen LogP contribution is 2.28. The fourth-order valence-corrected chi connectivity index (χ4v) is 3.26. The minimum atomic E-state index is -0.670. The van der Waals surface area contributed by atoms with Gasteiger partial charge in [0.05, 0.1) is 12.8 Å². The normalized spacial score (nSPS) is 12.8. The van der Waals surface area contributed by atoms with Gasteiger partial charge < -0.3 is 10.1 Å². The molecule has 2 unspecified atom stereocenters. The van der Waals surface area contributed by atoms with Crippen LogP contribution in [0.2, 0.25) is 0 Å². The summed E-state index contributed by atoms with van der Waals surface area (Å²) in [4.78, 5) is 13.2. The summed E-state index contributed by atoms with van der Waals surface area (Å²) >= 11 is 0. The maximum absolute atomic E-state index is 14.2. The highest BCUT2D eigenvalue weighted by Gasteiger charge is 2.24. The number of aryl methyl sites for hydroxylation is 1. The van der Waals surface area contributed by atoms with Crippen LogP contribution in [0.4, 0.5) is 10.1 Å². The lowest BCUT2D eigenvalue weighted by atomic mass is 10.0. The molecule has 150 valence electrons. The summed E-state index contributed by atoms with van der Waals surface area (Å²) < 4.78 is 19.6. The van der Waals surface area contributed by atoms with Gasteiger partial charge in [-0.25, -0.2) is 4.39 Å². The van der Waals surface area contributed by atoms with E-state index < -0.39 is 6.04 Å². The summed E-state index contributed by atoms with van der Waals surface area (Å²) in [6, 6.07) is 20.5. The molecule has 0 fully saturated rings. The maximum Gasteiger partial charge on any atom is 0.246 e. The number of benzene rings is 3. The molecular formula is C24H25FN2O2. The fourth-order valence-electron chi connectivity index (χ4n) is 3.26. The zero-order valence-electron chi connectivity index (χ0n) is 16.8. The highest BCUT2D eigenvalue weighted by atomic mass is 19.1. The molecule has 0 radical (unpaired) electrons. The molecule has 0 spiro atoms. The van der Waals surface area contributed by atoms with Crippen molar-refractivity contribution >= 4 is 11.6 Å². The number of methoxy groups -OCH3 is 1. The molecule has 0 aliphatic carbocycles. The second-order valence-corrected chi connectivity index (χ2v) is 6.95. The molecule has 3 aromatic carbocycles. The maximum atomic E-state index is 14.2. The van der Waals surface area contributed by atoms with E-state index in [2.05, 4.69) is 10.6 Å². The number of carbonyl (C=O) groups excluding carboxylic acids is 1. The van der Waals surface area contributed by atoms with Crippen LogP contribution in [0, 0.1) is 12.7 Å². The van der Waals surface area contributed by atoms with Crippen molar-refractivity contribution < 1.29 is 13.9 Å². The van der Waals surface area contributed by atoms with E-state index in [1.54, 1.807) is 25.3 Å². The summed E-state index contributed by atoms with van der Waals surface area (Å²) in [7, 11) is 1.56. The van der Waals surface area contributed by atoms with Crippen LogP contribution in [0.1, 0.15) is 35.7 Å². The van der Waals surface area contributed by atoms with Gasteiger partial charge in [-0.05, 0) is 43.2 Å². The minimum Gasteiger partial charge on any atom is -0.495 e. The van der Waals surface area contributed by atoms with Crippen molar-refractivity contribution in [1.29, 1.82) is 0 Å². The largest absolute Gasteiger partial charge is 0.495 e. The van der Waals surface area contributed by atoms with Crippen molar-refractivity contribution in [2.75, 3.05) is 12.4 Å². The molecular weight excluding hydrogens is 367 g/mol. The molecule has 0 saturated heterocycles. The molecule has 0 aliphatic rings. The molecule has 5 heteroatoms. The van der Waals surface area contributed by atoms with E-state index in [0.29, 0.717) is 17.0 Å². The number of hydrogen-bond donors (Lipinski definition) is 2. The van der Waals surface area contributed by atoms with Crippen LogP contribution in [-0.2, 0) is 4.79 Å². The summed E-state index contributed by atoms with van der Waals surface area (Å²) in [5.41, 5.74) is 2.90. The van der Waals surface area contributed by atoms with Gasteiger partial charge in [0.15, 0.2) is 0 Å². The number of amides is 1. The van der Waals surface area contributed by atoms with Crippen LogP contribution in [-0.4, -0.2) is 13.0 Å². The molecule has 0 aliphatic heterocycles. The van der Waals surface area contributed by atoms with Crippen LogP contribution in [0.25, 0.3) is 0 Å². The van der Waals surface area contributed by atoms with Crippen molar-refractivity contribution in [3.05, 3.63) is 95.3 Å². The molecule has 0 saturated carbocycles. The molecule has 0 aromatic heterocycles. The Hall–Kier alpha value is -3.18. The SMILES string of the molecule is COc1ccc(C)cc1NC(=O)C(NC(C)c1ccccc1F)c1ccccc1. The second kappa shape index (κ2) is 9.34. The van der Waals surface area contributed by atoms with E-state index in [1.165, 1.54) is 6.07 Å². The molecule has 3 rings (SSSR count). The number of nitrogens with one attached hydrogen (secondary N) is 2. The molecule has 29 heavy (non-hydrogen) atoms. The van der Waals surface area contributed by atoms with Gasteiger partial charge in [-0.3, -0.25) is 10.1 Å². The van der Waals surface area contributed by atoms with E-state index in [9.17, 15) is 9.18 Å². The zero-order valence-corrected chi connectivity index (χ0v) is 16.8. The topological polar surface area (TPSA) is 50.4 Å². The van der Waals surface area contributed by atoms with Gasteiger partial charge in [-0.1, -0.05) is 54.6 Å². The van der Waals surface area contributed by atoms with Crippen LogP contribution in [0.5, 0.6) is 5.75 Å². The quantitative estimate of drug-likeness (QED) is 0.583. The predicted octanol–water partition coefficient (Wildman–Crippen LogP) is 5.17. The van der Waals surface area contributed by atoms with Crippen LogP contribution in [0.15, 0.2) is 72.8 Å². The first kappa shape index (κ1) is 20.6. The van der Waals surface area contributed by atoms with E-state index in [4.69, 9.17) is 4.74 Å². The molecule has 4 nitrogen and oxygen atoms in total. The lowest BCUT2D eigenvalue weighted by molar-refractivity contribution is -0.118. The highest BCUT2D eigenvalue weighted by molar-refractivity contribution is 5.96. The average Bonchev–Trinajstić information content (AvgIpc) is 2.73. The summed E-state index contributed by atoms with van der Waals surface area (Å²) in [6.45, 7) is 3.79. The number of ether oxygens (including phenoxy) is 1. The predicted molar refractivity (Wildman–Crippen MR) is 113 cm³/mol. The third-order valence-electron chi connectivity index (χ3n) is 4.80. The van der Waals surface area contributed by atoms with Gasteiger partial charge in [0, 0.05) is 11.6 Å². The number of carbonyl (C=O) groups is 1. The Labute approximate surface area is 170 Å². The smallest absolute Gasteiger partial charge is 0.246 e. The number of rotatable bonds is 7. The number of hydrogen-bond acceptors (Lipinski definition) is 3. The van der Waals surface area contributed by atoms with Crippen LogP contribution in [0.3, 0.4) is 0 Å². The monoisotopic (exact) mass is 392 g/mol. The van der Waals surface area contributed by atoms with Gasteiger partial charge in [-0.2, -0.15) is 0 Å². The van der Waals surface area contributed by atoms with Crippen molar-refractivity contribution in [2.45, 2.75) is 25.9 Å². The average molecular weight is 392 g/mol. The van der Waals surface area contributed by atoms with E-state index in [-0.39, 0.29) is 17.8 Å². The van der Waals surface area contributed by atoms with E-state index in [1.807, 2.05) is 62.4 Å². The Morgan fingerprint density at radius 3 is 2.38 bits per heavy atom. The lowest BCUT2D eigenvalue weighted by Gasteiger charge is -2.24. The third-order valence-corrected chi connectivity index (χ3v) is 4.80. The Kier molecular flexibility index (Phi) is 6.62. The molecule has 0 bridgehead atoms. The first-order chi connectivity index (χ1) is 14.0. The Morgan fingerprint density at radius 1 is 1.00 bits per heavy atom. The first-order valence-electron chi connectivity index (χ1n) is 9.50. The molecule has 1 amide bonds. The van der Waals surface area contributed by atoms with Gasteiger partial charge in [0.25, 0.3) is 0 Å². The van der Waals surface area contributed by atoms with Gasteiger partial charge in [0.2, 0.25) is 5.91 Å². The zero-order chi connectivity index (χ0) is 20.8. The van der Waals surface area contributed by atoms with Crippen molar-refractivity contribution in [3.63, 3.8) is 0 Å². The Balaban J connectivity index is 1.89. The fraction of sp³-hybridized carbons (Fsp3) is 0.208. The Bertz CT molecular complexity index is 976. The molecule has 2 N–H and O–H groups in total. The van der Waals surface area contributed by atoms with Crippen LogP contribution >= 0.6 is 0 Å². The summed E-state index contributed by atoms with van der Waals surface area (Å²) in [5.74, 6) is 0.0290. The standard InChI is InChI=1S/C24H25FN2O2/c1-16-13-14-22(29-3)21(15-16)27-24(28)23(18-9-5-4-6-10-18)26-17(2)19-11-7-8-12-20(19)25/h4-15,17,23,26H,1-3H3,(H,27,28). The van der Waals surface area contributed by atoms with Gasteiger partial charge >= 0.3 is 0 Å². The van der Waals surface area contributed by atoms with Gasteiger partial charge in [-0.15, -0.1) is 0 Å². The summed E-state index contributed by atoms with van der Waals surface area (Å²) in [6.07, 6.45) is 0. The first-order valence-corrected chi connectivity index (χ1v) is 9.50. The third kappa shape index (κ3) is 5.00. The van der Waals surface area contributed by atoms with Gasteiger partial charge in [0.1, 0.15) is 17.6 Å².